The summed E-state index contributed by atoms with van der Waals surface area (Å²) in [6.45, 7) is 4.24. The van der Waals surface area contributed by atoms with Gasteiger partial charge in [-0.2, -0.15) is 6.92 Å². The molecular formula is C8H12O7Zr. The van der Waals surface area contributed by atoms with Crippen LogP contribution in [0.2, 0.25) is 0 Å². The van der Waals surface area contributed by atoms with Crippen LogP contribution in [0.3, 0.4) is 0 Å². The van der Waals surface area contributed by atoms with E-state index in [0.29, 0.717) is 0 Å². The van der Waals surface area contributed by atoms with Gasteiger partial charge < -0.3 is 34.5 Å². The van der Waals surface area contributed by atoms with Gasteiger partial charge in [-0.3, -0.25) is 6.29 Å². The molecule has 0 aromatic rings. The van der Waals surface area contributed by atoms with Crippen LogP contribution < -0.4 is 15.3 Å². The van der Waals surface area contributed by atoms with Gasteiger partial charge in [0, 0.05) is 17.9 Å². The smallest absolute Gasteiger partial charge is 0.550 e. The van der Waals surface area contributed by atoms with E-state index in [2.05, 4.69) is 0 Å². The molecule has 16 heavy (non-hydrogen) atoms. The van der Waals surface area contributed by atoms with E-state index in [4.69, 9.17) is 34.5 Å². The van der Waals surface area contributed by atoms with Gasteiger partial charge in [-0.15, -0.1) is 0 Å². The van der Waals surface area contributed by atoms with Crippen molar-refractivity contribution in [2.75, 3.05) is 0 Å². The first-order valence-corrected chi connectivity index (χ1v) is 3.43. The molecule has 0 atom stereocenters. The number of carboxylic acid groups (broad SMARTS) is 3. The molecule has 0 spiro atoms. The number of carbonyl (C=O) groups excluding carboxylic acids is 4. The normalized spacial score (nSPS) is 5.50. The van der Waals surface area contributed by atoms with Crippen molar-refractivity contribution in [3.8, 4) is 0 Å². The molecule has 0 unspecified atom stereocenters. The zero-order valence-electron chi connectivity index (χ0n) is 9.36. The summed E-state index contributed by atoms with van der Waals surface area (Å²) in [5, 5.41) is 26.7. The molecule has 0 aromatic heterocycles. The summed E-state index contributed by atoms with van der Waals surface area (Å²) in [6, 6.07) is 0. The van der Waals surface area contributed by atoms with Crippen molar-refractivity contribution in [1.82, 2.24) is 0 Å². The Balaban J connectivity index is -0.0000000331. The first kappa shape index (κ1) is 29.4. The molecule has 0 saturated carbocycles. The molecule has 0 aliphatic rings. The van der Waals surface area contributed by atoms with Gasteiger partial charge in [0.05, 0.1) is 0 Å². The third kappa shape index (κ3) is 1730. The summed E-state index contributed by atoms with van der Waals surface area (Å²) in [4.78, 5) is 35.3. The molecule has 0 fully saturated rings. The van der Waals surface area contributed by atoms with Crippen LogP contribution in [0, 0.1) is 0 Å². The molecule has 0 rings (SSSR count). The van der Waals surface area contributed by atoms with Gasteiger partial charge in [-0.1, -0.05) is 0 Å². The first-order valence-electron chi connectivity index (χ1n) is 3.43. The van der Waals surface area contributed by atoms with Crippen LogP contribution in [-0.4, -0.2) is 24.2 Å². The zero-order valence-corrected chi connectivity index (χ0v) is 11.8. The molecule has 0 amide bonds. The third-order valence-corrected chi connectivity index (χ3v) is 0. The van der Waals surface area contributed by atoms with Crippen molar-refractivity contribution in [3.63, 3.8) is 0 Å². The second-order valence-corrected chi connectivity index (χ2v) is 1.68. The number of carbonyl (C=O) groups is 3. The van der Waals surface area contributed by atoms with Gasteiger partial charge in [0.15, 0.2) is 0 Å². The van der Waals surface area contributed by atoms with Crippen molar-refractivity contribution in [3.05, 3.63) is 0 Å². The van der Waals surface area contributed by atoms with E-state index in [0.717, 1.165) is 20.8 Å². The number of hydrogen-bond acceptors (Lipinski definition) is 7. The Morgan fingerprint density at radius 3 is 0.812 bits per heavy atom. The minimum atomic E-state index is -1.08. The van der Waals surface area contributed by atoms with Crippen molar-refractivity contribution < 1.29 is 60.7 Å². The van der Waals surface area contributed by atoms with E-state index in [-0.39, 0.29) is 26.2 Å². The van der Waals surface area contributed by atoms with Gasteiger partial charge in [0.2, 0.25) is 0 Å². The number of hydrogen-bond donors (Lipinski definition) is 0. The monoisotopic (exact) mass is 310 g/mol. The molecule has 0 radical (unpaired) electrons. The summed E-state index contributed by atoms with van der Waals surface area (Å²) < 4.78 is 0. The summed E-state index contributed by atoms with van der Waals surface area (Å²) in [5.74, 6) is -3.25. The molecule has 0 bridgehead atoms. The van der Waals surface area contributed by atoms with E-state index in [9.17, 15) is 0 Å². The minimum Gasteiger partial charge on any atom is -0.550 e. The van der Waals surface area contributed by atoms with Crippen LogP contribution in [0.5, 0.6) is 0 Å². The largest absolute Gasteiger partial charge is 4.00 e. The molecular weight excluding hydrogens is 299 g/mol. The maximum Gasteiger partial charge on any atom is 4.00 e. The topological polar surface area (TPSA) is 137 Å². The number of carboxylic acids is 3. The number of aliphatic carboxylic acids is 3. The van der Waals surface area contributed by atoms with Gasteiger partial charge in [0.1, 0.15) is 0 Å². The van der Waals surface area contributed by atoms with E-state index < -0.39 is 17.9 Å². The SMILES string of the molecule is CC(=O)[O-].CC(=O)[O-].CC(=O)[O-].C[C-]=O.[Zr+4]. The van der Waals surface area contributed by atoms with Crippen molar-refractivity contribution in [2.24, 2.45) is 0 Å². The zero-order chi connectivity index (χ0) is 13.4. The summed E-state index contributed by atoms with van der Waals surface area (Å²) in [6.07, 6.45) is 1.50. The predicted molar refractivity (Wildman–Crippen MR) is 43.4 cm³/mol. The first-order chi connectivity index (χ1) is 6.61. The van der Waals surface area contributed by atoms with Crippen LogP contribution in [0.25, 0.3) is 0 Å². The van der Waals surface area contributed by atoms with Gasteiger partial charge in [-0.25, -0.2) is 0 Å². The fourth-order valence-electron chi connectivity index (χ4n) is 0. The quantitative estimate of drug-likeness (QED) is 0.421. The summed E-state index contributed by atoms with van der Waals surface area (Å²) in [5.41, 5.74) is 0. The Morgan fingerprint density at radius 1 is 0.812 bits per heavy atom. The fraction of sp³-hybridized carbons (Fsp3) is 0.500. The van der Waals surface area contributed by atoms with E-state index in [1.165, 1.54) is 13.2 Å². The van der Waals surface area contributed by atoms with Crippen LogP contribution >= 0.6 is 0 Å². The second kappa shape index (κ2) is 29.2. The summed E-state index contributed by atoms with van der Waals surface area (Å²) >= 11 is 0. The molecule has 0 aliphatic carbocycles. The fourth-order valence-corrected chi connectivity index (χ4v) is 0. The molecule has 0 heterocycles. The Kier molecular flexibility index (Phi) is 53.6. The molecule has 0 N–H and O–H groups in total. The van der Waals surface area contributed by atoms with Crippen molar-refractivity contribution >= 4 is 24.2 Å². The van der Waals surface area contributed by atoms with Crippen LogP contribution in [0.1, 0.15) is 27.7 Å². The standard InChI is InChI=1S/3C2H4O2.C2H3O.Zr/c3*1-2(3)4;1-2-3;/h3*1H3,(H,3,4);1H3;/q;;;-1;+4/p-3. The summed E-state index contributed by atoms with van der Waals surface area (Å²) in [7, 11) is 0. The number of rotatable bonds is 0. The van der Waals surface area contributed by atoms with E-state index in [1.54, 1.807) is 0 Å². The van der Waals surface area contributed by atoms with Gasteiger partial charge >= 0.3 is 26.2 Å². The Bertz CT molecular complexity index is 150. The van der Waals surface area contributed by atoms with Crippen molar-refractivity contribution in [1.29, 1.82) is 0 Å². The van der Waals surface area contributed by atoms with Gasteiger partial charge in [-0.05, 0) is 20.8 Å². The van der Waals surface area contributed by atoms with Crippen LogP contribution in [-0.2, 0) is 45.4 Å². The molecule has 7 nitrogen and oxygen atoms in total. The Hall–Kier alpha value is -1.04. The molecule has 90 valence electrons. The second-order valence-electron chi connectivity index (χ2n) is 1.68. The maximum absolute atomic E-state index is 8.89. The van der Waals surface area contributed by atoms with E-state index >= 15 is 0 Å². The maximum atomic E-state index is 8.89. The molecule has 0 aliphatic heterocycles. The Morgan fingerprint density at radius 2 is 0.812 bits per heavy atom. The van der Waals surface area contributed by atoms with Crippen LogP contribution in [0.4, 0.5) is 0 Å². The van der Waals surface area contributed by atoms with Crippen molar-refractivity contribution in [2.45, 2.75) is 27.7 Å². The third-order valence-electron chi connectivity index (χ3n) is 0. The molecule has 0 aromatic carbocycles. The minimum absolute atomic E-state index is 0. The van der Waals surface area contributed by atoms with Gasteiger partial charge in [0.25, 0.3) is 0 Å². The molecule has 0 saturated heterocycles. The molecule has 8 heteroatoms. The average molecular weight is 311 g/mol. The predicted octanol–water partition coefficient (Wildman–Crippen LogP) is -3.62. The average Bonchev–Trinajstić information content (AvgIpc) is 1.81. The van der Waals surface area contributed by atoms with Crippen LogP contribution in [0.15, 0.2) is 0 Å². The van der Waals surface area contributed by atoms with E-state index in [1.807, 2.05) is 0 Å². The Labute approximate surface area is 113 Å².